The van der Waals surface area contributed by atoms with Gasteiger partial charge in [0, 0.05) is 5.92 Å². The third-order valence-corrected chi connectivity index (χ3v) is 3.67. The second-order valence-electron chi connectivity index (χ2n) is 5.23. The number of carboxylic acids is 1. The Hall–Kier alpha value is -1.06. The second kappa shape index (κ2) is 8.11. The maximum absolute atomic E-state index is 12.1. The number of amides is 1. The van der Waals surface area contributed by atoms with E-state index in [0.717, 1.165) is 32.1 Å². The Labute approximate surface area is 109 Å². The summed E-state index contributed by atoms with van der Waals surface area (Å²) in [6, 6.07) is -0.715. The van der Waals surface area contributed by atoms with Crippen LogP contribution in [0.15, 0.2) is 0 Å². The Morgan fingerprint density at radius 1 is 1.17 bits per heavy atom. The van der Waals surface area contributed by atoms with E-state index in [1.54, 1.807) is 0 Å². The minimum atomic E-state index is -0.920. The van der Waals surface area contributed by atoms with Crippen molar-refractivity contribution in [1.29, 1.82) is 0 Å². The molecule has 4 heteroatoms. The molecule has 0 heterocycles. The predicted molar refractivity (Wildman–Crippen MR) is 70.3 cm³/mol. The number of hydrogen-bond acceptors (Lipinski definition) is 2. The molecule has 1 aliphatic rings. The zero-order valence-electron chi connectivity index (χ0n) is 11.3. The summed E-state index contributed by atoms with van der Waals surface area (Å²) in [5.74, 6) is -0.960. The van der Waals surface area contributed by atoms with Crippen molar-refractivity contribution in [3.8, 4) is 0 Å². The van der Waals surface area contributed by atoms with Crippen molar-refractivity contribution >= 4 is 11.9 Å². The minimum Gasteiger partial charge on any atom is -0.480 e. The van der Waals surface area contributed by atoms with Crippen molar-refractivity contribution in [3.63, 3.8) is 0 Å². The van der Waals surface area contributed by atoms with Gasteiger partial charge in [-0.3, -0.25) is 4.79 Å². The van der Waals surface area contributed by atoms with Crippen LogP contribution in [0, 0.1) is 5.92 Å². The number of aliphatic carboxylic acids is 1. The normalized spacial score (nSPS) is 19.6. The Balaban J connectivity index is 2.47. The molecule has 18 heavy (non-hydrogen) atoms. The molecule has 0 saturated heterocycles. The standard InChI is InChI=1S/C14H25NO3/c1-2-8-12(14(17)18)15-13(16)11-9-6-4-3-5-7-10-11/h11-12H,2-10H2,1H3,(H,15,16)(H,17,18). The first kappa shape index (κ1) is 15.0. The van der Waals surface area contributed by atoms with Gasteiger partial charge in [0.05, 0.1) is 0 Å². The Morgan fingerprint density at radius 3 is 2.22 bits per heavy atom. The molecule has 1 rings (SSSR count). The van der Waals surface area contributed by atoms with Crippen LogP contribution in [0.2, 0.25) is 0 Å². The summed E-state index contributed by atoms with van der Waals surface area (Å²) in [5.41, 5.74) is 0. The topological polar surface area (TPSA) is 66.4 Å². The monoisotopic (exact) mass is 255 g/mol. The second-order valence-corrected chi connectivity index (χ2v) is 5.23. The van der Waals surface area contributed by atoms with Crippen molar-refractivity contribution in [2.24, 2.45) is 5.92 Å². The molecule has 0 radical (unpaired) electrons. The molecule has 0 aromatic heterocycles. The van der Waals surface area contributed by atoms with Gasteiger partial charge in [0.15, 0.2) is 0 Å². The molecule has 104 valence electrons. The first-order chi connectivity index (χ1) is 8.65. The van der Waals surface area contributed by atoms with Crippen molar-refractivity contribution in [2.75, 3.05) is 0 Å². The molecule has 0 spiro atoms. The first-order valence-corrected chi connectivity index (χ1v) is 7.18. The van der Waals surface area contributed by atoms with Crippen LogP contribution < -0.4 is 5.32 Å². The van der Waals surface area contributed by atoms with E-state index in [0.29, 0.717) is 6.42 Å². The number of hydrogen-bond donors (Lipinski definition) is 2. The van der Waals surface area contributed by atoms with Gasteiger partial charge in [-0.1, -0.05) is 45.4 Å². The van der Waals surface area contributed by atoms with Gasteiger partial charge >= 0.3 is 5.97 Å². The SMILES string of the molecule is CCCC(NC(=O)C1CCCCCCC1)C(=O)O. The highest BCUT2D eigenvalue weighted by Crippen LogP contribution is 2.22. The van der Waals surface area contributed by atoms with Gasteiger partial charge in [0.25, 0.3) is 0 Å². The molecule has 1 aliphatic carbocycles. The summed E-state index contributed by atoms with van der Waals surface area (Å²) in [6.07, 6.45) is 8.92. The Bertz CT molecular complexity index is 270. The number of carbonyl (C=O) groups is 2. The number of carboxylic acid groups (broad SMARTS) is 1. The summed E-state index contributed by atoms with van der Waals surface area (Å²) in [6.45, 7) is 1.93. The molecular weight excluding hydrogens is 230 g/mol. The molecular formula is C14H25NO3. The largest absolute Gasteiger partial charge is 0.480 e. The van der Waals surface area contributed by atoms with Crippen LogP contribution in [-0.2, 0) is 9.59 Å². The van der Waals surface area contributed by atoms with Crippen LogP contribution >= 0.6 is 0 Å². The minimum absolute atomic E-state index is 0.0176. The molecule has 0 aromatic rings. The average Bonchev–Trinajstić information content (AvgIpc) is 2.27. The highest BCUT2D eigenvalue weighted by Gasteiger charge is 2.24. The molecule has 2 N–H and O–H groups in total. The predicted octanol–water partition coefficient (Wildman–Crippen LogP) is 2.72. The van der Waals surface area contributed by atoms with Crippen LogP contribution in [-0.4, -0.2) is 23.0 Å². The van der Waals surface area contributed by atoms with Crippen molar-refractivity contribution < 1.29 is 14.7 Å². The third kappa shape index (κ3) is 5.07. The van der Waals surface area contributed by atoms with E-state index < -0.39 is 12.0 Å². The lowest BCUT2D eigenvalue weighted by Crippen LogP contribution is -2.43. The van der Waals surface area contributed by atoms with Crippen molar-refractivity contribution in [3.05, 3.63) is 0 Å². The average molecular weight is 255 g/mol. The zero-order valence-corrected chi connectivity index (χ0v) is 11.3. The van der Waals surface area contributed by atoms with Crippen molar-refractivity contribution in [2.45, 2.75) is 70.8 Å². The van der Waals surface area contributed by atoms with E-state index >= 15 is 0 Å². The van der Waals surface area contributed by atoms with E-state index in [1.807, 2.05) is 6.92 Å². The first-order valence-electron chi connectivity index (χ1n) is 7.18. The maximum atomic E-state index is 12.1. The van der Waals surface area contributed by atoms with Crippen LogP contribution in [0.3, 0.4) is 0 Å². The molecule has 1 fully saturated rings. The lowest BCUT2D eigenvalue weighted by Gasteiger charge is -2.21. The van der Waals surface area contributed by atoms with Crippen LogP contribution in [0.4, 0.5) is 0 Å². The van der Waals surface area contributed by atoms with E-state index in [4.69, 9.17) is 5.11 Å². The smallest absolute Gasteiger partial charge is 0.326 e. The third-order valence-electron chi connectivity index (χ3n) is 3.67. The Morgan fingerprint density at radius 2 is 1.72 bits per heavy atom. The highest BCUT2D eigenvalue weighted by atomic mass is 16.4. The Kier molecular flexibility index (Phi) is 6.76. The summed E-state index contributed by atoms with van der Waals surface area (Å²) in [5, 5.41) is 11.7. The van der Waals surface area contributed by atoms with E-state index in [9.17, 15) is 9.59 Å². The van der Waals surface area contributed by atoms with E-state index in [-0.39, 0.29) is 11.8 Å². The fourth-order valence-corrected chi connectivity index (χ4v) is 2.55. The molecule has 0 aromatic carbocycles. The van der Waals surface area contributed by atoms with Crippen LogP contribution in [0.25, 0.3) is 0 Å². The summed E-state index contributed by atoms with van der Waals surface area (Å²) >= 11 is 0. The fourth-order valence-electron chi connectivity index (χ4n) is 2.55. The fraction of sp³-hybridized carbons (Fsp3) is 0.857. The highest BCUT2D eigenvalue weighted by molar-refractivity contribution is 5.84. The van der Waals surface area contributed by atoms with Gasteiger partial charge < -0.3 is 10.4 Å². The lowest BCUT2D eigenvalue weighted by molar-refractivity contribution is -0.142. The summed E-state index contributed by atoms with van der Waals surface area (Å²) < 4.78 is 0. The van der Waals surface area contributed by atoms with Gasteiger partial charge in [0.2, 0.25) is 5.91 Å². The number of rotatable bonds is 5. The van der Waals surface area contributed by atoms with E-state index in [2.05, 4.69) is 5.32 Å². The van der Waals surface area contributed by atoms with Crippen LogP contribution in [0.1, 0.15) is 64.7 Å². The van der Waals surface area contributed by atoms with Crippen LogP contribution in [0.5, 0.6) is 0 Å². The van der Waals surface area contributed by atoms with Gasteiger partial charge in [-0.05, 0) is 19.3 Å². The van der Waals surface area contributed by atoms with Gasteiger partial charge in [-0.15, -0.1) is 0 Å². The molecule has 4 nitrogen and oxygen atoms in total. The molecule has 1 saturated carbocycles. The van der Waals surface area contributed by atoms with Gasteiger partial charge in [0.1, 0.15) is 6.04 Å². The molecule has 1 unspecified atom stereocenters. The summed E-state index contributed by atoms with van der Waals surface area (Å²) in [4.78, 5) is 23.1. The quantitative estimate of drug-likeness (QED) is 0.793. The lowest BCUT2D eigenvalue weighted by atomic mass is 9.90. The van der Waals surface area contributed by atoms with Gasteiger partial charge in [-0.25, -0.2) is 4.79 Å². The molecule has 1 amide bonds. The van der Waals surface area contributed by atoms with Gasteiger partial charge in [-0.2, -0.15) is 0 Å². The maximum Gasteiger partial charge on any atom is 0.326 e. The molecule has 0 bridgehead atoms. The van der Waals surface area contributed by atoms with E-state index in [1.165, 1.54) is 19.3 Å². The zero-order chi connectivity index (χ0) is 13.4. The van der Waals surface area contributed by atoms with Crippen molar-refractivity contribution in [1.82, 2.24) is 5.32 Å². The molecule has 0 aliphatic heterocycles. The number of nitrogens with one attached hydrogen (secondary N) is 1. The number of carbonyl (C=O) groups excluding carboxylic acids is 1. The molecule has 1 atom stereocenters. The summed E-state index contributed by atoms with van der Waals surface area (Å²) in [7, 11) is 0.